The number of thiazole rings is 1. The number of carbonyl (C=O) groups excluding carboxylic acids is 1. The number of rotatable bonds is 5. The summed E-state index contributed by atoms with van der Waals surface area (Å²) in [5, 5.41) is 2.81. The Balaban J connectivity index is 1.96. The Bertz CT molecular complexity index is 507. The van der Waals surface area contributed by atoms with Crippen LogP contribution < -0.4 is 0 Å². The van der Waals surface area contributed by atoms with Crippen molar-refractivity contribution in [3.8, 4) is 10.8 Å². The summed E-state index contributed by atoms with van der Waals surface area (Å²) < 4.78 is 9.89. The van der Waals surface area contributed by atoms with Crippen molar-refractivity contribution in [2.24, 2.45) is 0 Å². The molecule has 0 atom stereocenters. The molecule has 2 aromatic rings. The van der Waals surface area contributed by atoms with Gasteiger partial charge < -0.3 is 9.15 Å². The summed E-state index contributed by atoms with van der Waals surface area (Å²) in [6, 6.07) is 3.71. The number of aromatic nitrogens is 1. The monoisotopic (exact) mass is 266 g/mol. The summed E-state index contributed by atoms with van der Waals surface area (Å²) in [7, 11) is 3.23. The van der Waals surface area contributed by atoms with Gasteiger partial charge in [-0.15, -0.1) is 11.3 Å². The van der Waals surface area contributed by atoms with Crippen molar-refractivity contribution in [3.63, 3.8) is 0 Å². The van der Waals surface area contributed by atoms with Gasteiger partial charge in [0.05, 0.1) is 25.6 Å². The van der Waals surface area contributed by atoms with Crippen LogP contribution in [0.1, 0.15) is 5.69 Å². The first-order valence-corrected chi connectivity index (χ1v) is 6.30. The largest absolute Gasteiger partial charge is 0.468 e. The van der Waals surface area contributed by atoms with Crippen LogP contribution >= 0.6 is 11.3 Å². The fourth-order valence-electron chi connectivity index (χ4n) is 1.51. The average molecular weight is 266 g/mol. The molecule has 0 saturated carbocycles. The van der Waals surface area contributed by atoms with E-state index in [0.29, 0.717) is 6.54 Å². The maximum atomic E-state index is 11.1. The quantitative estimate of drug-likeness (QED) is 0.775. The molecule has 0 fully saturated rings. The molecule has 5 nitrogen and oxygen atoms in total. The first kappa shape index (κ1) is 12.8. The Hall–Kier alpha value is -1.66. The number of likely N-dealkylation sites (N-methyl/N-ethyl adjacent to an activating group) is 1. The van der Waals surface area contributed by atoms with Crippen molar-refractivity contribution in [1.29, 1.82) is 0 Å². The van der Waals surface area contributed by atoms with Gasteiger partial charge >= 0.3 is 5.97 Å². The molecular formula is C12H14N2O3S. The van der Waals surface area contributed by atoms with Crippen LogP contribution in [-0.2, 0) is 16.1 Å². The van der Waals surface area contributed by atoms with Gasteiger partial charge in [-0.2, -0.15) is 0 Å². The number of ether oxygens (including phenoxy) is 1. The zero-order chi connectivity index (χ0) is 13.0. The van der Waals surface area contributed by atoms with Crippen LogP contribution in [0.15, 0.2) is 28.2 Å². The number of hydrogen-bond acceptors (Lipinski definition) is 6. The van der Waals surface area contributed by atoms with Gasteiger partial charge in [-0.3, -0.25) is 9.69 Å². The van der Waals surface area contributed by atoms with Crippen LogP contribution in [0.3, 0.4) is 0 Å². The van der Waals surface area contributed by atoms with Crippen LogP contribution in [-0.4, -0.2) is 36.6 Å². The molecule has 0 aliphatic heterocycles. The second kappa shape index (κ2) is 5.79. The summed E-state index contributed by atoms with van der Waals surface area (Å²) >= 11 is 1.53. The molecular weight excluding hydrogens is 252 g/mol. The smallest absolute Gasteiger partial charge is 0.319 e. The van der Waals surface area contributed by atoms with Crippen LogP contribution in [0.5, 0.6) is 0 Å². The van der Waals surface area contributed by atoms with E-state index in [4.69, 9.17) is 4.42 Å². The number of carbonyl (C=O) groups is 1. The van der Waals surface area contributed by atoms with Crippen molar-refractivity contribution in [1.82, 2.24) is 9.88 Å². The maximum absolute atomic E-state index is 11.1. The van der Waals surface area contributed by atoms with E-state index in [-0.39, 0.29) is 12.5 Å². The van der Waals surface area contributed by atoms with E-state index >= 15 is 0 Å². The highest BCUT2D eigenvalue weighted by Crippen LogP contribution is 2.24. The zero-order valence-corrected chi connectivity index (χ0v) is 11.1. The molecule has 0 amide bonds. The second-order valence-electron chi connectivity index (χ2n) is 3.87. The predicted molar refractivity (Wildman–Crippen MR) is 68.2 cm³/mol. The van der Waals surface area contributed by atoms with Crippen molar-refractivity contribution < 1.29 is 13.9 Å². The van der Waals surface area contributed by atoms with Gasteiger partial charge in [0.15, 0.2) is 10.8 Å². The van der Waals surface area contributed by atoms with Gasteiger partial charge in [0.25, 0.3) is 0 Å². The van der Waals surface area contributed by atoms with Gasteiger partial charge in [0, 0.05) is 11.9 Å². The van der Waals surface area contributed by atoms with Crippen molar-refractivity contribution in [2.45, 2.75) is 6.54 Å². The molecule has 0 radical (unpaired) electrons. The fraction of sp³-hybridized carbons (Fsp3) is 0.333. The standard InChI is InChI=1S/C12H14N2O3S/c1-14(7-11(15)16-2)6-9-8-18-12(13-9)10-4-3-5-17-10/h3-5,8H,6-7H2,1-2H3. The van der Waals surface area contributed by atoms with Gasteiger partial charge in [0.2, 0.25) is 0 Å². The van der Waals surface area contributed by atoms with Crippen LogP contribution in [0, 0.1) is 0 Å². The minimum Gasteiger partial charge on any atom is -0.468 e. The third-order valence-corrected chi connectivity index (χ3v) is 3.25. The highest BCUT2D eigenvalue weighted by molar-refractivity contribution is 7.13. The highest BCUT2D eigenvalue weighted by atomic mass is 32.1. The lowest BCUT2D eigenvalue weighted by atomic mass is 10.4. The molecule has 2 heterocycles. The van der Waals surface area contributed by atoms with Gasteiger partial charge in [0.1, 0.15) is 0 Å². The van der Waals surface area contributed by atoms with Crippen LogP contribution in [0.25, 0.3) is 10.8 Å². The molecule has 0 spiro atoms. The minimum atomic E-state index is -0.251. The molecule has 18 heavy (non-hydrogen) atoms. The van der Waals surface area contributed by atoms with Crippen LogP contribution in [0.2, 0.25) is 0 Å². The number of esters is 1. The van der Waals surface area contributed by atoms with E-state index in [2.05, 4.69) is 9.72 Å². The van der Waals surface area contributed by atoms with Crippen LogP contribution in [0.4, 0.5) is 0 Å². The lowest BCUT2D eigenvalue weighted by Crippen LogP contribution is -2.26. The third-order valence-electron chi connectivity index (χ3n) is 2.34. The SMILES string of the molecule is COC(=O)CN(C)Cc1csc(-c2ccco2)n1. The van der Waals surface area contributed by atoms with E-state index in [1.807, 2.05) is 29.5 Å². The Labute approximate surface area is 109 Å². The Morgan fingerprint density at radius 1 is 1.61 bits per heavy atom. The summed E-state index contributed by atoms with van der Waals surface area (Å²) in [5.74, 6) is 0.515. The number of hydrogen-bond donors (Lipinski definition) is 0. The Kier molecular flexibility index (Phi) is 4.11. The minimum absolute atomic E-state index is 0.251. The number of nitrogens with zero attached hydrogens (tertiary/aromatic N) is 2. The Morgan fingerprint density at radius 2 is 2.44 bits per heavy atom. The molecule has 2 aromatic heterocycles. The van der Waals surface area contributed by atoms with E-state index < -0.39 is 0 Å². The van der Waals surface area contributed by atoms with E-state index in [0.717, 1.165) is 16.5 Å². The molecule has 0 unspecified atom stereocenters. The van der Waals surface area contributed by atoms with E-state index in [1.54, 1.807) is 6.26 Å². The van der Waals surface area contributed by atoms with E-state index in [1.165, 1.54) is 18.4 Å². The molecule has 0 bridgehead atoms. The molecule has 0 saturated heterocycles. The summed E-state index contributed by atoms with van der Waals surface area (Å²) in [5.41, 5.74) is 0.915. The van der Waals surface area contributed by atoms with E-state index in [9.17, 15) is 4.79 Å². The molecule has 0 aromatic carbocycles. The number of methoxy groups -OCH3 is 1. The Morgan fingerprint density at radius 3 is 3.11 bits per heavy atom. The second-order valence-corrected chi connectivity index (χ2v) is 4.73. The summed E-state index contributed by atoms with van der Waals surface area (Å²) in [4.78, 5) is 17.4. The summed E-state index contributed by atoms with van der Waals surface area (Å²) in [6.07, 6.45) is 1.62. The molecule has 0 aliphatic carbocycles. The summed E-state index contributed by atoms with van der Waals surface area (Å²) in [6.45, 7) is 0.858. The number of furan rings is 1. The van der Waals surface area contributed by atoms with Crippen molar-refractivity contribution in [2.75, 3.05) is 20.7 Å². The molecule has 6 heteroatoms. The van der Waals surface area contributed by atoms with Gasteiger partial charge in [-0.25, -0.2) is 4.98 Å². The first-order valence-electron chi connectivity index (χ1n) is 5.42. The third kappa shape index (κ3) is 3.18. The lowest BCUT2D eigenvalue weighted by Gasteiger charge is -2.12. The molecule has 96 valence electrons. The highest BCUT2D eigenvalue weighted by Gasteiger charge is 2.11. The lowest BCUT2D eigenvalue weighted by molar-refractivity contribution is -0.141. The predicted octanol–water partition coefficient (Wildman–Crippen LogP) is 2.01. The average Bonchev–Trinajstić information content (AvgIpc) is 2.98. The maximum Gasteiger partial charge on any atom is 0.319 e. The van der Waals surface area contributed by atoms with Gasteiger partial charge in [-0.1, -0.05) is 0 Å². The first-order chi connectivity index (χ1) is 8.69. The zero-order valence-electron chi connectivity index (χ0n) is 10.3. The van der Waals surface area contributed by atoms with Gasteiger partial charge in [-0.05, 0) is 19.2 Å². The topological polar surface area (TPSA) is 55.6 Å². The fourth-order valence-corrected chi connectivity index (χ4v) is 2.29. The molecule has 2 rings (SSSR count). The molecule has 0 aliphatic rings. The molecule has 0 N–H and O–H groups in total. The normalized spacial score (nSPS) is 10.8. The van der Waals surface area contributed by atoms with Crippen molar-refractivity contribution >= 4 is 17.3 Å². The van der Waals surface area contributed by atoms with Crippen molar-refractivity contribution in [3.05, 3.63) is 29.5 Å².